The maximum Gasteiger partial charge on any atom is 0.0703 e. The lowest BCUT2D eigenvalue weighted by atomic mass is 10.1. The molecule has 0 saturated carbocycles. The van der Waals surface area contributed by atoms with E-state index in [0.29, 0.717) is 0 Å². The van der Waals surface area contributed by atoms with E-state index >= 15 is 0 Å². The zero-order valence-corrected chi connectivity index (χ0v) is 11.1. The van der Waals surface area contributed by atoms with Crippen molar-refractivity contribution >= 4 is 0 Å². The molecule has 0 saturated heterocycles. The number of aryl methyl sites for hydroxylation is 1. The molecule has 3 nitrogen and oxygen atoms in total. The summed E-state index contributed by atoms with van der Waals surface area (Å²) in [5, 5.41) is 18.9. The van der Waals surface area contributed by atoms with Gasteiger partial charge in [0.2, 0.25) is 0 Å². The molecule has 2 rings (SSSR count). The Bertz CT molecular complexity index is 525. The first-order chi connectivity index (χ1) is 8.60. The number of rotatable bonds is 3. The van der Waals surface area contributed by atoms with Crippen LogP contribution in [0.15, 0.2) is 24.3 Å². The highest BCUT2D eigenvalue weighted by atomic mass is 16.3. The molecule has 0 bridgehead atoms. The summed E-state index contributed by atoms with van der Waals surface area (Å²) in [6.07, 6.45) is 0. The van der Waals surface area contributed by atoms with Crippen LogP contribution in [0.4, 0.5) is 0 Å². The number of hydrogen-bond donors (Lipinski definition) is 2. The van der Waals surface area contributed by atoms with E-state index in [0.717, 1.165) is 28.2 Å². The van der Waals surface area contributed by atoms with Gasteiger partial charge in [-0.05, 0) is 32.9 Å². The molecule has 0 aliphatic rings. The third kappa shape index (κ3) is 1.96. The lowest BCUT2D eigenvalue weighted by Gasteiger charge is -2.10. The van der Waals surface area contributed by atoms with Crippen molar-refractivity contribution < 1.29 is 10.2 Å². The summed E-state index contributed by atoms with van der Waals surface area (Å²) >= 11 is 0. The van der Waals surface area contributed by atoms with Crippen molar-refractivity contribution in [3.05, 3.63) is 52.3 Å². The summed E-state index contributed by atoms with van der Waals surface area (Å²) < 4.78 is 2.08. The molecule has 1 aromatic carbocycles. The predicted molar refractivity (Wildman–Crippen MR) is 71.8 cm³/mol. The minimum atomic E-state index is -0.0402. The molecule has 1 aromatic heterocycles. The third-order valence-electron chi connectivity index (χ3n) is 3.52. The minimum absolute atomic E-state index is 0.0402. The van der Waals surface area contributed by atoms with Gasteiger partial charge in [0, 0.05) is 28.2 Å². The molecule has 3 heteroatoms. The van der Waals surface area contributed by atoms with Gasteiger partial charge in [-0.25, -0.2) is 0 Å². The molecule has 0 spiro atoms. The fourth-order valence-electron chi connectivity index (χ4n) is 2.46. The largest absolute Gasteiger partial charge is 0.392 e. The van der Waals surface area contributed by atoms with Gasteiger partial charge in [-0.15, -0.1) is 0 Å². The quantitative estimate of drug-likeness (QED) is 0.872. The lowest BCUT2D eigenvalue weighted by molar-refractivity contribution is 0.260. The lowest BCUT2D eigenvalue weighted by Crippen LogP contribution is -1.99. The standard InChI is InChI=1S/C15H19NO2/c1-10-4-6-13(7-5-10)16-11(2)14(8-17)15(9-18)12(16)3/h4-7,17-18H,8-9H2,1-3H3. The van der Waals surface area contributed by atoms with Gasteiger partial charge in [-0.2, -0.15) is 0 Å². The average molecular weight is 245 g/mol. The first kappa shape index (κ1) is 12.9. The first-order valence-electron chi connectivity index (χ1n) is 6.08. The Morgan fingerprint density at radius 3 is 1.67 bits per heavy atom. The second kappa shape index (κ2) is 4.96. The molecule has 0 radical (unpaired) electrons. The van der Waals surface area contributed by atoms with Crippen LogP contribution < -0.4 is 0 Å². The molecule has 0 aliphatic heterocycles. The Morgan fingerprint density at radius 2 is 1.28 bits per heavy atom. The molecular weight excluding hydrogens is 226 g/mol. The van der Waals surface area contributed by atoms with E-state index in [1.54, 1.807) is 0 Å². The van der Waals surface area contributed by atoms with Crippen LogP contribution in [-0.2, 0) is 13.2 Å². The molecule has 96 valence electrons. The number of aromatic nitrogens is 1. The van der Waals surface area contributed by atoms with Crippen molar-refractivity contribution in [1.82, 2.24) is 4.57 Å². The van der Waals surface area contributed by atoms with Crippen molar-refractivity contribution in [1.29, 1.82) is 0 Å². The Labute approximate surface area is 107 Å². The molecule has 0 unspecified atom stereocenters. The highest BCUT2D eigenvalue weighted by Gasteiger charge is 2.16. The number of benzene rings is 1. The van der Waals surface area contributed by atoms with E-state index in [4.69, 9.17) is 0 Å². The zero-order chi connectivity index (χ0) is 13.3. The molecule has 2 aromatic rings. The third-order valence-corrected chi connectivity index (χ3v) is 3.52. The highest BCUT2D eigenvalue weighted by Crippen LogP contribution is 2.26. The van der Waals surface area contributed by atoms with E-state index in [-0.39, 0.29) is 13.2 Å². The molecule has 0 fully saturated rings. The van der Waals surface area contributed by atoms with Crippen LogP contribution in [0, 0.1) is 20.8 Å². The molecule has 0 atom stereocenters. The fourth-order valence-corrected chi connectivity index (χ4v) is 2.46. The van der Waals surface area contributed by atoms with E-state index in [1.807, 2.05) is 13.8 Å². The molecule has 0 amide bonds. The molecule has 0 aliphatic carbocycles. The minimum Gasteiger partial charge on any atom is -0.392 e. The molecule has 1 heterocycles. The van der Waals surface area contributed by atoms with Crippen LogP contribution in [0.5, 0.6) is 0 Å². The average Bonchev–Trinajstić information content (AvgIpc) is 2.61. The van der Waals surface area contributed by atoms with Crippen molar-refractivity contribution in [3.63, 3.8) is 0 Å². The van der Waals surface area contributed by atoms with Crippen LogP contribution in [0.25, 0.3) is 5.69 Å². The SMILES string of the molecule is Cc1ccc(-n2c(C)c(CO)c(CO)c2C)cc1. The van der Waals surface area contributed by atoms with Gasteiger partial charge in [-0.1, -0.05) is 17.7 Å². The van der Waals surface area contributed by atoms with Crippen LogP contribution in [0.2, 0.25) is 0 Å². The summed E-state index contributed by atoms with van der Waals surface area (Å²) in [6, 6.07) is 8.23. The maximum absolute atomic E-state index is 9.43. The Balaban J connectivity index is 2.64. The fraction of sp³-hybridized carbons (Fsp3) is 0.333. The number of aliphatic hydroxyl groups excluding tert-OH is 2. The van der Waals surface area contributed by atoms with Gasteiger partial charge >= 0.3 is 0 Å². The number of hydrogen-bond acceptors (Lipinski definition) is 2. The predicted octanol–water partition coefficient (Wildman–Crippen LogP) is 2.39. The van der Waals surface area contributed by atoms with Gasteiger partial charge in [-0.3, -0.25) is 0 Å². The molecular formula is C15H19NO2. The maximum atomic E-state index is 9.43. The summed E-state index contributed by atoms with van der Waals surface area (Å²) in [6.45, 7) is 5.91. The number of aliphatic hydroxyl groups is 2. The summed E-state index contributed by atoms with van der Waals surface area (Å²) in [4.78, 5) is 0. The second-order valence-corrected chi connectivity index (χ2v) is 4.62. The van der Waals surface area contributed by atoms with Crippen molar-refractivity contribution in [2.75, 3.05) is 0 Å². The van der Waals surface area contributed by atoms with Crippen LogP contribution >= 0.6 is 0 Å². The van der Waals surface area contributed by atoms with E-state index in [1.165, 1.54) is 5.56 Å². The van der Waals surface area contributed by atoms with Crippen LogP contribution in [-0.4, -0.2) is 14.8 Å². The summed E-state index contributed by atoms with van der Waals surface area (Å²) in [5.74, 6) is 0. The van der Waals surface area contributed by atoms with Crippen LogP contribution in [0.1, 0.15) is 28.1 Å². The van der Waals surface area contributed by atoms with Crippen molar-refractivity contribution in [2.24, 2.45) is 0 Å². The second-order valence-electron chi connectivity index (χ2n) is 4.62. The zero-order valence-electron chi connectivity index (χ0n) is 11.1. The van der Waals surface area contributed by atoms with Gasteiger partial charge in [0.25, 0.3) is 0 Å². The van der Waals surface area contributed by atoms with Gasteiger partial charge < -0.3 is 14.8 Å². The smallest absolute Gasteiger partial charge is 0.0703 e. The Hall–Kier alpha value is -1.58. The Morgan fingerprint density at radius 1 is 0.833 bits per heavy atom. The Kier molecular flexibility index (Phi) is 3.55. The first-order valence-corrected chi connectivity index (χ1v) is 6.08. The summed E-state index contributed by atoms with van der Waals surface area (Å²) in [7, 11) is 0. The topological polar surface area (TPSA) is 45.4 Å². The molecule has 2 N–H and O–H groups in total. The highest BCUT2D eigenvalue weighted by molar-refractivity contribution is 5.46. The van der Waals surface area contributed by atoms with E-state index in [2.05, 4.69) is 35.8 Å². The van der Waals surface area contributed by atoms with E-state index in [9.17, 15) is 10.2 Å². The van der Waals surface area contributed by atoms with Crippen molar-refractivity contribution in [2.45, 2.75) is 34.0 Å². The van der Waals surface area contributed by atoms with E-state index < -0.39 is 0 Å². The number of nitrogens with zero attached hydrogens (tertiary/aromatic N) is 1. The monoisotopic (exact) mass is 245 g/mol. The van der Waals surface area contributed by atoms with Crippen molar-refractivity contribution in [3.8, 4) is 5.69 Å². The van der Waals surface area contributed by atoms with Gasteiger partial charge in [0.1, 0.15) is 0 Å². The summed E-state index contributed by atoms with van der Waals surface area (Å²) in [5.41, 5.74) is 5.91. The van der Waals surface area contributed by atoms with Crippen LogP contribution in [0.3, 0.4) is 0 Å². The normalized spacial score (nSPS) is 10.9. The van der Waals surface area contributed by atoms with Gasteiger partial charge in [0.05, 0.1) is 13.2 Å². The molecule has 18 heavy (non-hydrogen) atoms. The van der Waals surface area contributed by atoms with Gasteiger partial charge in [0.15, 0.2) is 0 Å².